The fourth-order valence-electron chi connectivity index (χ4n) is 3.04. The topological polar surface area (TPSA) is 105 Å². The zero-order chi connectivity index (χ0) is 14.1. The number of rotatable bonds is 3. The quantitative estimate of drug-likeness (QED) is 0.847. The Morgan fingerprint density at radius 2 is 2.05 bits per heavy atom. The molecule has 1 saturated carbocycles. The van der Waals surface area contributed by atoms with E-state index in [0.29, 0.717) is 11.9 Å². The molecule has 0 aromatic carbocycles. The number of amides is 2. The number of anilines is 1. The predicted molar refractivity (Wildman–Crippen MR) is 71.9 cm³/mol. The van der Waals surface area contributed by atoms with Crippen molar-refractivity contribution in [1.82, 2.24) is 15.2 Å². The second kappa shape index (κ2) is 5.22. The Morgan fingerprint density at radius 1 is 1.30 bits per heavy atom. The van der Waals surface area contributed by atoms with Crippen molar-refractivity contribution in [3.05, 3.63) is 5.82 Å². The number of carbonyl (C=O) groups is 2. The lowest BCUT2D eigenvalue weighted by Gasteiger charge is -2.18. The third-order valence-electron chi connectivity index (χ3n) is 4.25. The number of aromatic nitrogens is 3. The van der Waals surface area contributed by atoms with Crippen molar-refractivity contribution in [1.29, 1.82) is 0 Å². The first kappa shape index (κ1) is 13.1. The van der Waals surface area contributed by atoms with Crippen molar-refractivity contribution >= 4 is 17.8 Å². The van der Waals surface area contributed by atoms with Crippen LogP contribution in [0.15, 0.2) is 0 Å². The number of H-pyrrole nitrogens is 1. The fourth-order valence-corrected chi connectivity index (χ4v) is 3.04. The maximum absolute atomic E-state index is 11.9. The molecule has 0 radical (unpaired) electrons. The van der Waals surface area contributed by atoms with Gasteiger partial charge in [-0.3, -0.25) is 19.6 Å². The third-order valence-corrected chi connectivity index (χ3v) is 4.25. The molecule has 1 aliphatic heterocycles. The summed E-state index contributed by atoms with van der Waals surface area (Å²) in [5, 5.41) is 7.08. The van der Waals surface area contributed by atoms with Crippen LogP contribution in [0.2, 0.25) is 0 Å². The predicted octanol–water partition coefficient (Wildman–Crippen LogP) is 0.691. The molecule has 2 fully saturated rings. The highest BCUT2D eigenvalue weighted by Gasteiger charge is 2.36. The van der Waals surface area contributed by atoms with Gasteiger partial charge in [0, 0.05) is 18.9 Å². The van der Waals surface area contributed by atoms with Crippen molar-refractivity contribution in [2.75, 3.05) is 11.4 Å². The Morgan fingerprint density at radius 3 is 2.70 bits per heavy atom. The summed E-state index contributed by atoms with van der Waals surface area (Å²) in [6.45, 7) is 0.288. The number of nitrogens with two attached hydrogens (primary N) is 1. The molecule has 2 amide bonds. The van der Waals surface area contributed by atoms with Crippen LogP contribution in [-0.2, 0) is 9.59 Å². The highest BCUT2D eigenvalue weighted by atomic mass is 16.2. The van der Waals surface area contributed by atoms with Gasteiger partial charge in [-0.15, -0.1) is 5.10 Å². The number of hydrogen-bond acceptors (Lipinski definition) is 4. The minimum Gasteiger partial charge on any atom is -0.369 e. The van der Waals surface area contributed by atoms with Gasteiger partial charge in [-0.2, -0.15) is 4.98 Å². The van der Waals surface area contributed by atoms with Crippen LogP contribution in [0.5, 0.6) is 0 Å². The van der Waals surface area contributed by atoms with E-state index in [4.69, 9.17) is 5.73 Å². The molecular formula is C13H19N5O2. The van der Waals surface area contributed by atoms with E-state index in [1.165, 1.54) is 24.2 Å². The van der Waals surface area contributed by atoms with Crippen molar-refractivity contribution < 1.29 is 9.59 Å². The molecule has 108 valence electrons. The standard InChI is InChI=1S/C13H19N5O2/c14-11(20)9-6-10(19)18(7-9)13-15-12(16-17-13)8-4-2-1-3-5-8/h8-9H,1-7H2,(H2,14,20)(H,15,16,17). The molecule has 1 aromatic rings. The maximum atomic E-state index is 11.9. The first-order chi connectivity index (χ1) is 9.65. The van der Waals surface area contributed by atoms with E-state index in [9.17, 15) is 9.59 Å². The molecular weight excluding hydrogens is 258 g/mol. The fraction of sp³-hybridized carbons (Fsp3) is 0.692. The van der Waals surface area contributed by atoms with Gasteiger partial charge in [-0.05, 0) is 12.8 Å². The molecule has 0 spiro atoms. The summed E-state index contributed by atoms with van der Waals surface area (Å²) < 4.78 is 0. The van der Waals surface area contributed by atoms with Gasteiger partial charge < -0.3 is 5.73 Å². The minimum atomic E-state index is -0.441. The molecule has 1 unspecified atom stereocenters. The smallest absolute Gasteiger partial charge is 0.251 e. The summed E-state index contributed by atoms with van der Waals surface area (Å²) >= 11 is 0. The normalized spacial score (nSPS) is 24.3. The Labute approximate surface area is 116 Å². The molecule has 1 saturated heterocycles. The van der Waals surface area contributed by atoms with Gasteiger partial charge in [0.1, 0.15) is 5.82 Å². The zero-order valence-corrected chi connectivity index (χ0v) is 11.3. The molecule has 3 N–H and O–H groups in total. The average Bonchev–Trinajstić information content (AvgIpc) is 3.06. The highest BCUT2D eigenvalue weighted by Crippen LogP contribution is 2.31. The SMILES string of the molecule is NC(=O)C1CC(=O)N(c2n[nH]c(C3CCCCC3)n2)C1. The molecule has 1 aliphatic carbocycles. The molecule has 1 atom stereocenters. The summed E-state index contributed by atoms with van der Waals surface area (Å²) in [6, 6.07) is 0. The molecule has 0 bridgehead atoms. The number of hydrogen-bond donors (Lipinski definition) is 2. The third kappa shape index (κ3) is 2.39. The van der Waals surface area contributed by atoms with E-state index < -0.39 is 11.8 Å². The van der Waals surface area contributed by atoms with E-state index in [1.807, 2.05) is 0 Å². The number of carbonyl (C=O) groups excluding carboxylic acids is 2. The molecule has 7 heteroatoms. The highest BCUT2D eigenvalue weighted by molar-refractivity contribution is 5.98. The summed E-state index contributed by atoms with van der Waals surface area (Å²) in [6.07, 6.45) is 6.10. The van der Waals surface area contributed by atoms with E-state index in [1.54, 1.807) is 0 Å². The van der Waals surface area contributed by atoms with Gasteiger partial charge in [0.25, 0.3) is 5.95 Å². The average molecular weight is 277 g/mol. The number of nitrogens with zero attached hydrogens (tertiary/aromatic N) is 3. The van der Waals surface area contributed by atoms with E-state index in [0.717, 1.165) is 18.7 Å². The van der Waals surface area contributed by atoms with Crippen LogP contribution in [0.4, 0.5) is 5.95 Å². The maximum Gasteiger partial charge on any atom is 0.251 e. The second-order valence-electron chi connectivity index (χ2n) is 5.66. The van der Waals surface area contributed by atoms with Gasteiger partial charge >= 0.3 is 0 Å². The van der Waals surface area contributed by atoms with Gasteiger partial charge in [-0.1, -0.05) is 19.3 Å². The van der Waals surface area contributed by atoms with Crippen LogP contribution < -0.4 is 10.6 Å². The van der Waals surface area contributed by atoms with Gasteiger partial charge in [0.05, 0.1) is 5.92 Å². The van der Waals surface area contributed by atoms with Crippen LogP contribution in [0.3, 0.4) is 0 Å². The summed E-state index contributed by atoms with van der Waals surface area (Å²) in [5.41, 5.74) is 5.26. The lowest BCUT2D eigenvalue weighted by molar-refractivity contribution is -0.123. The molecule has 2 heterocycles. The van der Waals surface area contributed by atoms with Crippen molar-refractivity contribution in [3.8, 4) is 0 Å². The summed E-state index contributed by atoms with van der Waals surface area (Å²) in [5.74, 6) is 0.634. The molecule has 1 aromatic heterocycles. The first-order valence-electron chi connectivity index (χ1n) is 7.17. The van der Waals surface area contributed by atoms with Gasteiger partial charge in [0.15, 0.2) is 0 Å². The van der Waals surface area contributed by atoms with Crippen LogP contribution in [-0.4, -0.2) is 33.5 Å². The van der Waals surface area contributed by atoms with Crippen LogP contribution in [0.25, 0.3) is 0 Å². The summed E-state index contributed by atoms with van der Waals surface area (Å²) in [7, 11) is 0. The Balaban J connectivity index is 1.73. The van der Waals surface area contributed by atoms with Crippen LogP contribution >= 0.6 is 0 Å². The molecule has 20 heavy (non-hydrogen) atoms. The van der Waals surface area contributed by atoms with Gasteiger partial charge in [0.2, 0.25) is 11.8 Å². The van der Waals surface area contributed by atoms with Crippen molar-refractivity contribution in [2.45, 2.75) is 44.4 Å². The molecule has 3 rings (SSSR count). The van der Waals surface area contributed by atoms with Gasteiger partial charge in [-0.25, -0.2) is 0 Å². The number of nitrogens with one attached hydrogen (secondary N) is 1. The van der Waals surface area contributed by atoms with E-state index in [2.05, 4.69) is 15.2 Å². The van der Waals surface area contributed by atoms with Crippen LogP contribution in [0, 0.1) is 5.92 Å². The zero-order valence-electron chi connectivity index (χ0n) is 11.3. The lowest BCUT2D eigenvalue weighted by atomic mass is 9.89. The van der Waals surface area contributed by atoms with Crippen molar-refractivity contribution in [2.24, 2.45) is 11.7 Å². The second-order valence-corrected chi connectivity index (χ2v) is 5.66. The first-order valence-corrected chi connectivity index (χ1v) is 7.17. The number of primary amides is 1. The largest absolute Gasteiger partial charge is 0.369 e. The Hall–Kier alpha value is -1.92. The summed E-state index contributed by atoms with van der Waals surface area (Å²) in [4.78, 5) is 29.0. The van der Waals surface area contributed by atoms with E-state index >= 15 is 0 Å². The monoisotopic (exact) mass is 277 g/mol. The van der Waals surface area contributed by atoms with Crippen LogP contribution in [0.1, 0.15) is 50.3 Å². The minimum absolute atomic E-state index is 0.136. The Kier molecular flexibility index (Phi) is 3.42. The Bertz CT molecular complexity index is 521. The molecule has 7 nitrogen and oxygen atoms in total. The van der Waals surface area contributed by atoms with E-state index in [-0.39, 0.29) is 18.9 Å². The lowest BCUT2D eigenvalue weighted by Crippen LogP contribution is -2.29. The van der Waals surface area contributed by atoms with Crippen molar-refractivity contribution in [3.63, 3.8) is 0 Å². The number of aromatic amines is 1. The molecule has 2 aliphatic rings.